The third-order valence-electron chi connectivity index (χ3n) is 4.09. The van der Waals surface area contributed by atoms with Gasteiger partial charge >= 0.3 is 6.03 Å². The summed E-state index contributed by atoms with van der Waals surface area (Å²) in [4.78, 5) is 12.9. The maximum atomic E-state index is 12.0. The van der Waals surface area contributed by atoms with Crippen molar-refractivity contribution in [1.29, 1.82) is 0 Å². The molecule has 2 amide bonds. The van der Waals surface area contributed by atoms with Gasteiger partial charge in [-0.1, -0.05) is 29.8 Å². The first-order valence-electron chi connectivity index (χ1n) is 7.60. The normalized spacial score (nSPS) is 16.6. The van der Waals surface area contributed by atoms with Crippen molar-refractivity contribution in [3.63, 3.8) is 0 Å². The van der Waals surface area contributed by atoms with Crippen molar-refractivity contribution in [3.05, 3.63) is 57.2 Å². The molecule has 122 valence electrons. The Bertz CT molecular complexity index is 656. The number of carbonyl (C=O) groups excluding carboxylic acids is 1. The molecule has 1 aliphatic carbocycles. The number of rotatable bonds is 6. The number of urea groups is 1. The highest BCUT2D eigenvalue weighted by atomic mass is 35.5. The average Bonchev–Trinajstić information content (AvgIpc) is 3.27. The summed E-state index contributed by atoms with van der Waals surface area (Å²) in [6.45, 7) is 0.647. The van der Waals surface area contributed by atoms with Crippen molar-refractivity contribution < 1.29 is 9.90 Å². The second kappa shape index (κ2) is 6.91. The molecule has 23 heavy (non-hydrogen) atoms. The fraction of sp³-hybridized carbons (Fsp3) is 0.353. The lowest BCUT2D eigenvalue weighted by Crippen LogP contribution is -2.45. The first-order chi connectivity index (χ1) is 11.1. The quantitative estimate of drug-likeness (QED) is 0.746. The smallest absolute Gasteiger partial charge is 0.315 e. The van der Waals surface area contributed by atoms with Gasteiger partial charge in [0.2, 0.25) is 0 Å². The highest BCUT2D eigenvalue weighted by Gasteiger charge is 2.45. The Morgan fingerprint density at radius 2 is 2.00 bits per heavy atom. The van der Waals surface area contributed by atoms with Crippen LogP contribution in [0.4, 0.5) is 4.79 Å². The predicted octanol–water partition coefficient (Wildman–Crippen LogP) is 3.50. The molecular weight excluding hydrogens is 332 g/mol. The van der Waals surface area contributed by atoms with Gasteiger partial charge in [0.1, 0.15) is 5.60 Å². The van der Waals surface area contributed by atoms with Crippen LogP contribution in [-0.4, -0.2) is 17.7 Å². The fourth-order valence-corrected chi connectivity index (χ4v) is 3.61. The van der Waals surface area contributed by atoms with Gasteiger partial charge in [-0.2, -0.15) is 0 Å². The van der Waals surface area contributed by atoms with E-state index in [1.807, 2.05) is 29.6 Å². The number of amides is 2. The van der Waals surface area contributed by atoms with E-state index in [1.165, 1.54) is 11.3 Å². The van der Waals surface area contributed by atoms with Gasteiger partial charge in [-0.3, -0.25) is 0 Å². The zero-order chi connectivity index (χ0) is 16.3. The summed E-state index contributed by atoms with van der Waals surface area (Å²) in [6.07, 6.45) is 2.00. The summed E-state index contributed by atoms with van der Waals surface area (Å²) in [7, 11) is 0. The summed E-state index contributed by atoms with van der Waals surface area (Å²) >= 11 is 7.36. The first kappa shape index (κ1) is 16.3. The van der Waals surface area contributed by atoms with E-state index in [-0.39, 0.29) is 18.5 Å². The molecule has 1 aliphatic rings. The first-order valence-corrected chi connectivity index (χ1v) is 8.86. The second-order valence-electron chi connectivity index (χ2n) is 5.84. The minimum Gasteiger partial charge on any atom is -0.382 e. The lowest BCUT2D eigenvalue weighted by molar-refractivity contribution is 0.0196. The molecule has 3 rings (SSSR count). The summed E-state index contributed by atoms with van der Waals surface area (Å²) in [5.74, 6) is 0.234. The number of hydrogen-bond acceptors (Lipinski definition) is 3. The van der Waals surface area contributed by atoms with Crippen molar-refractivity contribution in [2.45, 2.75) is 25.0 Å². The van der Waals surface area contributed by atoms with Crippen LogP contribution in [-0.2, 0) is 12.1 Å². The van der Waals surface area contributed by atoms with Gasteiger partial charge in [-0.15, -0.1) is 11.3 Å². The molecule has 0 spiro atoms. The molecule has 1 heterocycles. The van der Waals surface area contributed by atoms with Gasteiger partial charge in [0.05, 0.1) is 6.54 Å². The highest BCUT2D eigenvalue weighted by molar-refractivity contribution is 7.10. The molecule has 1 unspecified atom stereocenters. The molecule has 1 aromatic carbocycles. The number of carbonyl (C=O) groups is 1. The number of nitrogens with one attached hydrogen (secondary N) is 2. The van der Waals surface area contributed by atoms with Crippen LogP contribution >= 0.6 is 22.9 Å². The number of hydrogen-bond donors (Lipinski definition) is 3. The molecule has 0 bridgehead atoms. The molecule has 1 saturated carbocycles. The van der Waals surface area contributed by atoms with Crippen LogP contribution in [0.1, 0.15) is 23.3 Å². The molecule has 2 aromatic rings. The SMILES string of the molecule is O=C(NCc1ccc(Cl)cc1)NCC(O)(c1cccs1)C1CC1. The van der Waals surface area contributed by atoms with Crippen LogP contribution in [0.3, 0.4) is 0 Å². The van der Waals surface area contributed by atoms with Crippen molar-refractivity contribution in [3.8, 4) is 0 Å². The summed E-state index contributed by atoms with van der Waals surface area (Å²) in [5.41, 5.74) is 0.0199. The standard InChI is InChI=1S/C17H19ClN2O2S/c18-14-7-3-12(4-8-14)10-19-16(21)20-11-17(22,13-5-6-13)15-2-1-9-23-15/h1-4,7-9,13,22H,5-6,10-11H2,(H2,19,20,21). The van der Waals surface area contributed by atoms with Crippen molar-refractivity contribution in [2.24, 2.45) is 5.92 Å². The third-order valence-corrected chi connectivity index (χ3v) is 5.37. The molecular formula is C17H19ClN2O2S. The molecule has 0 saturated heterocycles. The van der Waals surface area contributed by atoms with Gasteiger partial charge in [-0.05, 0) is 47.9 Å². The van der Waals surface area contributed by atoms with Crippen LogP contribution in [0.15, 0.2) is 41.8 Å². The lowest BCUT2D eigenvalue weighted by Gasteiger charge is -2.27. The van der Waals surface area contributed by atoms with Gasteiger partial charge in [-0.25, -0.2) is 4.79 Å². The number of benzene rings is 1. The number of halogens is 1. The number of thiophene rings is 1. The average molecular weight is 351 g/mol. The molecule has 1 aromatic heterocycles. The Labute approximate surface area is 144 Å². The van der Waals surface area contributed by atoms with Crippen LogP contribution in [0.25, 0.3) is 0 Å². The topological polar surface area (TPSA) is 61.4 Å². The van der Waals surface area contributed by atoms with Gasteiger partial charge in [0, 0.05) is 16.4 Å². The van der Waals surface area contributed by atoms with Crippen molar-refractivity contribution in [2.75, 3.05) is 6.54 Å². The molecule has 4 nitrogen and oxygen atoms in total. The second-order valence-corrected chi connectivity index (χ2v) is 7.22. The van der Waals surface area contributed by atoms with E-state index < -0.39 is 5.60 Å². The molecule has 1 fully saturated rings. The van der Waals surface area contributed by atoms with E-state index in [0.717, 1.165) is 23.3 Å². The largest absolute Gasteiger partial charge is 0.382 e. The Morgan fingerprint density at radius 1 is 1.26 bits per heavy atom. The zero-order valence-electron chi connectivity index (χ0n) is 12.6. The highest BCUT2D eigenvalue weighted by Crippen LogP contribution is 2.46. The monoisotopic (exact) mass is 350 g/mol. The van der Waals surface area contributed by atoms with E-state index in [1.54, 1.807) is 12.1 Å². The summed E-state index contributed by atoms with van der Waals surface area (Å²) < 4.78 is 0. The number of aliphatic hydroxyl groups is 1. The molecule has 1 atom stereocenters. The Balaban J connectivity index is 1.52. The lowest BCUT2D eigenvalue weighted by atomic mass is 9.96. The molecule has 0 aliphatic heterocycles. The van der Waals surface area contributed by atoms with Gasteiger partial charge in [0.25, 0.3) is 0 Å². The maximum absolute atomic E-state index is 12.0. The van der Waals surface area contributed by atoms with E-state index in [0.29, 0.717) is 11.6 Å². The van der Waals surface area contributed by atoms with Crippen LogP contribution in [0.5, 0.6) is 0 Å². The third kappa shape index (κ3) is 4.05. The molecule has 6 heteroatoms. The van der Waals surface area contributed by atoms with E-state index in [4.69, 9.17) is 11.6 Å². The summed E-state index contributed by atoms with van der Waals surface area (Å²) in [5, 5.41) is 19.1. The van der Waals surface area contributed by atoms with Crippen molar-refractivity contribution >= 4 is 29.0 Å². The van der Waals surface area contributed by atoms with Crippen molar-refractivity contribution in [1.82, 2.24) is 10.6 Å². The molecule has 0 radical (unpaired) electrons. The van der Waals surface area contributed by atoms with Gasteiger partial charge in [0.15, 0.2) is 0 Å². The van der Waals surface area contributed by atoms with E-state index in [9.17, 15) is 9.90 Å². The van der Waals surface area contributed by atoms with Crippen LogP contribution in [0.2, 0.25) is 5.02 Å². The Kier molecular flexibility index (Phi) is 4.90. The minimum atomic E-state index is -0.953. The Hall–Kier alpha value is -1.56. The fourth-order valence-electron chi connectivity index (χ4n) is 2.58. The van der Waals surface area contributed by atoms with E-state index in [2.05, 4.69) is 10.6 Å². The predicted molar refractivity (Wildman–Crippen MR) is 92.6 cm³/mol. The zero-order valence-corrected chi connectivity index (χ0v) is 14.2. The van der Waals surface area contributed by atoms with E-state index >= 15 is 0 Å². The van der Waals surface area contributed by atoms with Crippen LogP contribution in [0, 0.1) is 5.92 Å². The Morgan fingerprint density at radius 3 is 2.61 bits per heavy atom. The van der Waals surface area contributed by atoms with Crippen LogP contribution < -0.4 is 10.6 Å². The summed E-state index contributed by atoms with van der Waals surface area (Å²) in [6, 6.07) is 10.9. The maximum Gasteiger partial charge on any atom is 0.315 e. The minimum absolute atomic E-state index is 0.227. The molecule has 3 N–H and O–H groups in total. The van der Waals surface area contributed by atoms with Gasteiger partial charge < -0.3 is 15.7 Å².